The van der Waals surface area contributed by atoms with Crippen LogP contribution in [0.1, 0.15) is 6.92 Å². The highest BCUT2D eigenvalue weighted by molar-refractivity contribution is 6.30. The molecule has 33 heavy (non-hydrogen) atoms. The number of methoxy groups -OCH3 is 1. The van der Waals surface area contributed by atoms with E-state index in [0.717, 1.165) is 49.6 Å². The number of hydrogen-bond donors (Lipinski definition) is 1. The summed E-state index contributed by atoms with van der Waals surface area (Å²) in [6, 6.07) is 17.0. The van der Waals surface area contributed by atoms with Crippen LogP contribution in [0.15, 0.2) is 54.6 Å². The van der Waals surface area contributed by atoms with E-state index in [1.165, 1.54) is 0 Å². The molecule has 7 nitrogen and oxygen atoms in total. The third kappa shape index (κ3) is 6.07. The van der Waals surface area contributed by atoms with Crippen LogP contribution in [-0.2, 0) is 4.79 Å². The first-order valence-corrected chi connectivity index (χ1v) is 11.5. The van der Waals surface area contributed by atoms with Crippen molar-refractivity contribution in [3.05, 3.63) is 59.6 Å². The molecule has 1 N–H and O–H groups in total. The lowest BCUT2D eigenvalue weighted by molar-refractivity contribution is -0.117. The number of aromatic nitrogens is 2. The van der Waals surface area contributed by atoms with Crippen molar-refractivity contribution in [1.29, 1.82) is 0 Å². The van der Waals surface area contributed by atoms with Gasteiger partial charge in [0.2, 0.25) is 11.9 Å². The summed E-state index contributed by atoms with van der Waals surface area (Å²) in [4.78, 5) is 26.6. The van der Waals surface area contributed by atoms with Crippen LogP contribution in [0.5, 0.6) is 5.75 Å². The van der Waals surface area contributed by atoms with Crippen molar-refractivity contribution in [2.24, 2.45) is 0 Å². The van der Waals surface area contributed by atoms with Crippen molar-refractivity contribution in [2.45, 2.75) is 6.92 Å². The number of piperazine rings is 1. The normalized spacial score (nSPS) is 14.8. The molecule has 2 aromatic carbocycles. The molecule has 0 aliphatic carbocycles. The molecule has 8 heteroatoms. The van der Waals surface area contributed by atoms with Gasteiger partial charge in [-0.3, -0.25) is 15.0 Å². The number of ether oxygens (including phenoxy) is 1. The molecule has 0 bridgehead atoms. The Morgan fingerprint density at radius 3 is 2.03 bits per heavy atom. The molecule has 1 aliphatic rings. The van der Waals surface area contributed by atoms with Crippen molar-refractivity contribution in [1.82, 2.24) is 19.8 Å². The molecule has 1 saturated heterocycles. The number of nitrogens with one attached hydrogen (secondary N) is 1. The van der Waals surface area contributed by atoms with Crippen molar-refractivity contribution in [3.8, 4) is 28.3 Å². The Bertz CT molecular complexity index is 1080. The smallest absolute Gasteiger partial charge is 0.240 e. The number of nitrogens with zero attached hydrogens (tertiary/aromatic N) is 4. The fraction of sp³-hybridized carbons (Fsp3) is 0.320. The van der Waals surface area contributed by atoms with Crippen molar-refractivity contribution in [3.63, 3.8) is 0 Å². The van der Waals surface area contributed by atoms with Gasteiger partial charge in [0.1, 0.15) is 5.75 Å². The van der Waals surface area contributed by atoms with Crippen LogP contribution in [0, 0.1) is 0 Å². The highest BCUT2D eigenvalue weighted by atomic mass is 35.5. The molecule has 1 fully saturated rings. The first-order chi connectivity index (χ1) is 16.0. The van der Waals surface area contributed by atoms with Gasteiger partial charge in [0.05, 0.1) is 25.0 Å². The Morgan fingerprint density at radius 1 is 0.939 bits per heavy atom. The minimum absolute atomic E-state index is 0.117. The van der Waals surface area contributed by atoms with Crippen molar-refractivity contribution in [2.75, 3.05) is 51.7 Å². The molecule has 2 heterocycles. The van der Waals surface area contributed by atoms with E-state index in [1.807, 2.05) is 54.6 Å². The monoisotopic (exact) mass is 465 g/mol. The molecule has 0 atom stereocenters. The summed E-state index contributed by atoms with van der Waals surface area (Å²) in [5.41, 5.74) is 3.21. The van der Waals surface area contributed by atoms with E-state index in [0.29, 0.717) is 23.0 Å². The molecule has 1 aromatic heterocycles. The number of rotatable bonds is 7. The van der Waals surface area contributed by atoms with Crippen molar-refractivity contribution >= 4 is 23.5 Å². The fourth-order valence-corrected chi connectivity index (χ4v) is 3.94. The second kappa shape index (κ2) is 10.7. The highest BCUT2D eigenvalue weighted by Crippen LogP contribution is 2.27. The molecule has 1 amide bonds. The van der Waals surface area contributed by atoms with Gasteiger partial charge in [-0.15, -0.1) is 0 Å². The Balaban J connectivity index is 1.57. The van der Waals surface area contributed by atoms with E-state index in [2.05, 4.69) is 32.0 Å². The average Bonchev–Trinajstić information content (AvgIpc) is 2.84. The molecular weight excluding hydrogens is 438 g/mol. The SMILES string of the molecule is CCN1CCN(CC(=O)Nc2nc(-c3ccc(Cl)cc3)cc(-c3ccc(OC)cc3)n2)CC1. The summed E-state index contributed by atoms with van der Waals surface area (Å²) in [6.07, 6.45) is 0. The Kier molecular flexibility index (Phi) is 7.54. The maximum atomic E-state index is 12.8. The summed E-state index contributed by atoms with van der Waals surface area (Å²) in [5, 5.41) is 3.55. The largest absolute Gasteiger partial charge is 0.497 e. The number of anilines is 1. The first-order valence-electron chi connectivity index (χ1n) is 11.1. The second-order valence-electron chi connectivity index (χ2n) is 7.96. The molecule has 0 unspecified atom stereocenters. The molecule has 0 radical (unpaired) electrons. The summed E-state index contributed by atoms with van der Waals surface area (Å²) in [6.45, 7) is 7.24. The number of amides is 1. The van der Waals surface area contributed by atoms with Crippen LogP contribution in [0.3, 0.4) is 0 Å². The lowest BCUT2D eigenvalue weighted by Crippen LogP contribution is -2.48. The minimum atomic E-state index is -0.117. The number of halogens is 1. The zero-order chi connectivity index (χ0) is 23.2. The summed E-state index contributed by atoms with van der Waals surface area (Å²) < 4.78 is 5.26. The van der Waals surface area contributed by atoms with E-state index in [4.69, 9.17) is 16.3 Å². The number of likely N-dealkylation sites (N-methyl/N-ethyl adjacent to an activating group) is 1. The van der Waals surface area contributed by atoms with Gasteiger partial charge >= 0.3 is 0 Å². The molecular formula is C25H28ClN5O2. The van der Waals surface area contributed by atoms with Gasteiger partial charge in [0.25, 0.3) is 0 Å². The van der Waals surface area contributed by atoms with Crippen LogP contribution < -0.4 is 10.1 Å². The van der Waals surface area contributed by atoms with Crippen LogP contribution >= 0.6 is 11.6 Å². The van der Waals surface area contributed by atoms with Gasteiger partial charge in [-0.1, -0.05) is 30.7 Å². The predicted octanol–water partition coefficient (Wildman–Crippen LogP) is 4.05. The number of carbonyl (C=O) groups excluding carboxylic acids is 1. The third-order valence-electron chi connectivity index (χ3n) is 5.78. The lowest BCUT2D eigenvalue weighted by Gasteiger charge is -2.33. The fourth-order valence-electron chi connectivity index (χ4n) is 3.81. The quantitative estimate of drug-likeness (QED) is 0.567. The van der Waals surface area contributed by atoms with E-state index in [-0.39, 0.29) is 11.9 Å². The molecule has 172 valence electrons. The molecule has 4 rings (SSSR count). The Labute approximate surface area is 199 Å². The lowest BCUT2D eigenvalue weighted by atomic mass is 10.1. The van der Waals surface area contributed by atoms with Crippen LogP contribution in [0.25, 0.3) is 22.5 Å². The minimum Gasteiger partial charge on any atom is -0.497 e. The van der Waals surface area contributed by atoms with E-state index in [1.54, 1.807) is 7.11 Å². The summed E-state index contributed by atoms with van der Waals surface area (Å²) in [7, 11) is 1.63. The number of hydrogen-bond acceptors (Lipinski definition) is 6. The predicted molar refractivity (Wildman–Crippen MR) is 132 cm³/mol. The molecule has 1 aliphatic heterocycles. The number of carbonyl (C=O) groups is 1. The highest BCUT2D eigenvalue weighted by Gasteiger charge is 2.19. The summed E-state index contributed by atoms with van der Waals surface area (Å²) in [5.74, 6) is 0.932. The van der Waals surface area contributed by atoms with Crippen LogP contribution in [0.4, 0.5) is 5.95 Å². The third-order valence-corrected chi connectivity index (χ3v) is 6.03. The van der Waals surface area contributed by atoms with E-state index < -0.39 is 0 Å². The number of benzene rings is 2. The Hall–Kier alpha value is -3.00. The zero-order valence-corrected chi connectivity index (χ0v) is 19.7. The van der Waals surface area contributed by atoms with E-state index >= 15 is 0 Å². The van der Waals surface area contributed by atoms with Gasteiger partial charge in [0, 0.05) is 42.3 Å². The topological polar surface area (TPSA) is 70.6 Å². The zero-order valence-electron chi connectivity index (χ0n) is 18.9. The maximum absolute atomic E-state index is 12.8. The van der Waals surface area contributed by atoms with Crippen LogP contribution in [-0.4, -0.2) is 72.1 Å². The van der Waals surface area contributed by atoms with Crippen LogP contribution in [0.2, 0.25) is 5.02 Å². The first kappa shape index (κ1) is 23.2. The van der Waals surface area contributed by atoms with E-state index in [9.17, 15) is 4.79 Å². The summed E-state index contributed by atoms with van der Waals surface area (Å²) >= 11 is 6.06. The molecule has 0 spiro atoms. The molecule has 0 saturated carbocycles. The Morgan fingerprint density at radius 2 is 1.48 bits per heavy atom. The average molecular weight is 466 g/mol. The standard InChI is InChI=1S/C25H28ClN5O2/c1-3-30-12-14-31(15-13-30)17-24(32)29-25-27-22(18-4-8-20(26)9-5-18)16-23(28-25)19-6-10-21(33-2)11-7-19/h4-11,16H,3,12-15,17H2,1-2H3,(H,27,28,29,32). The van der Waals surface area contributed by atoms with Gasteiger partial charge < -0.3 is 9.64 Å². The van der Waals surface area contributed by atoms with Gasteiger partial charge in [-0.2, -0.15) is 0 Å². The second-order valence-corrected chi connectivity index (χ2v) is 8.39. The maximum Gasteiger partial charge on any atom is 0.240 e. The molecule has 3 aromatic rings. The van der Waals surface area contributed by atoms with Gasteiger partial charge in [-0.25, -0.2) is 9.97 Å². The van der Waals surface area contributed by atoms with Gasteiger partial charge in [-0.05, 0) is 49.0 Å². The van der Waals surface area contributed by atoms with Gasteiger partial charge in [0.15, 0.2) is 0 Å². The van der Waals surface area contributed by atoms with Crippen molar-refractivity contribution < 1.29 is 9.53 Å².